The molecule has 2 atom stereocenters. The summed E-state index contributed by atoms with van der Waals surface area (Å²) in [6.45, 7) is 12.3. The van der Waals surface area contributed by atoms with E-state index < -0.39 is 0 Å². The summed E-state index contributed by atoms with van der Waals surface area (Å²) in [5, 5.41) is 13.9. The van der Waals surface area contributed by atoms with Gasteiger partial charge in [-0.25, -0.2) is 0 Å². The first-order chi connectivity index (χ1) is 10.5. The van der Waals surface area contributed by atoms with Gasteiger partial charge in [0, 0.05) is 25.6 Å². The van der Waals surface area contributed by atoms with Crippen molar-refractivity contribution in [3.63, 3.8) is 0 Å². The predicted molar refractivity (Wildman–Crippen MR) is 99.9 cm³/mol. The minimum Gasteiger partial charge on any atom is -0.333 e. The second-order valence-corrected chi connectivity index (χ2v) is 4.82. The van der Waals surface area contributed by atoms with E-state index in [1.54, 1.807) is 6.07 Å². The molecule has 2 N–H and O–H groups in total. The van der Waals surface area contributed by atoms with Gasteiger partial charge in [-0.2, -0.15) is 10.4 Å². The van der Waals surface area contributed by atoms with E-state index in [0.717, 1.165) is 0 Å². The summed E-state index contributed by atoms with van der Waals surface area (Å²) in [4.78, 5) is 0. The van der Waals surface area contributed by atoms with E-state index in [-0.39, 0.29) is 0 Å². The molecule has 1 heterocycles. The van der Waals surface area contributed by atoms with Gasteiger partial charge in [-0.1, -0.05) is 39.8 Å². The molecule has 4 heteroatoms. The van der Waals surface area contributed by atoms with Crippen molar-refractivity contribution in [1.82, 2.24) is 5.01 Å². The van der Waals surface area contributed by atoms with Gasteiger partial charge in [0.15, 0.2) is 0 Å². The van der Waals surface area contributed by atoms with Crippen LogP contribution in [0, 0.1) is 17.2 Å². The lowest BCUT2D eigenvalue weighted by atomic mass is 9.92. The molecule has 0 aliphatic carbocycles. The van der Waals surface area contributed by atoms with E-state index >= 15 is 0 Å². The molecule has 22 heavy (non-hydrogen) atoms. The zero-order valence-corrected chi connectivity index (χ0v) is 16.1. The van der Waals surface area contributed by atoms with Crippen molar-refractivity contribution >= 4 is 5.71 Å². The highest BCUT2D eigenvalue weighted by atomic mass is 15.5. The van der Waals surface area contributed by atoms with Crippen LogP contribution < -0.4 is 5.73 Å². The van der Waals surface area contributed by atoms with Crippen LogP contribution in [0.25, 0.3) is 0 Å². The maximum atomic E-state index is 7.32. The van der Waals surface area contributed by atoms with Crippen LogP contribution in [0.3, 0.4) is 0 Å². The second kappa shape index (κ2) is 19.7. The Hall–Kier alpha value is -1.34. The Bertz CT molecular complexity index is 310. The normalized spacial score (nSPS) is 18.9. The molecule has 0 radical (unpaired) electrons. The van der Waals surface area contributed by atoms with Gasteiger partial charge in [-0.15, -0.1) is 0 Å². The minimum absolute atomic E-state index is 0.653. The zero-order valence-electron chi connectivity index (χ0n) is 16.1. The molecule has 0 aromatic carbocycles. The van der Waals surface area contributed by atoms with E-state index in [2.05, 4.69) is 69.7 Å². The van der Waals surface area contributed by atoms with Gasteiger partial charge in [0.2, 0.25) is 0 Å². The first-order valence-corrected chi connectivity index (χ1v) is 8.35. The van der Waals surface area contributed by atoms with Crippen molar-refractivity contribution in [3.8, 4) is 6.07 Å². The van der Waals surface area contributed by atoms with Crippen LogP contribution >= 0.6 is 0 Å². The maximum absolute atomic E-state index is 7.32. The third kappa shape index (κ3) is 12.4. The second-order valence-electron chi connectivity index (χ2n) is 4.82. The van der Waals surface area contributed by atoms with Crippen LogP contribution in [0.15, 0.2) is 17.3 Å². The Morgan fingerprint density at radius 1 is 1.14 bits per heavy atom. The zero-order chi connectivity index (χ0) is 18.0. The van der Waals surface area contributed by atoms with Crippen molar-refractivity contribution in [3.05, 3.63) is 12.2 Å². The third-order valence-electron chi connectivity index (χ3n) is 3.29. The van der Waals surface area contributed by atoms with Crippen molar-refractivity contribution < 1.29 is 0 Å². The van der Waals surface area contributed by atoms with Crippen molar-refractivity contribution in [2.45, 2.75) is 73.3 Å². The standard InChI is InChI=1S/C9H18N2.C6H12.C2H3N.CH5N/c1-5-8-7(3)10-11(4)9(8)6-2;1-3-5-6-4-2;1-2-3;1-2/h8-9H,5-6H2,1-4H3;5-6H,3-4H2,1-2H3;1H3;2H2,1H3/b;6-5-;;. The monoisotopic (exact) mass is 310 g/mol. The van der Waals surface area contributed by atoms with Crippen molar-refractivity contribution in [2.75, 3.05) is 14.1 Å². The highest BCUT2D eigenvalue weighted by molar-refractivity contribution is 5.86. The van der Waals surface area contributed by atoms with Crippen LogP contribution in [0.5, 0.6) is 0 Å². The van der Waals surface area contributed by atoms with Gasteiger partial charge in [0.25, 0.3) is 0 Å². The highest BCUT2D eigenvalue weighted by Gasteiger charge is 2.29. The summed E-state index contributed by atoms with van der Waals surface area (Å²) >= 11 is 0. The van der Waals surface area contributed by atoms with Gasteiger partial charge in [-0.05, 0) is 39.7 Å². The molecule has 1 rings (SSSR count). The van der Waals surface area contributed by atoms with Gasteiger partial charge in [0.1, 0.15) is 0 Å². The number of nitriles is 1. The summed E-state index contributed by atoms with van der Waals surface area (Å²) in [7, 11) is 3.58. The van der Waals surface area contributed by atoms with Gasteiger partial charge in [-0.3, -0.25) is 5.01 Å². The summed E-state index contributed by atoms with van der Waals surface area (Å²) in [6.07, 6.45) is 9.13. The lowest BCUT2D eigenvalue weighted by Crippen LogP contribution is -2.29. The number of hydrogen-bond donors (Lipinski definition) is 1. The van der Waals surface area contributed by atoms with E-state index in [1.165, 1.54) is 45.4 Å². The fourth-order valence-electron chi connectivity index (χ4n) is 2.39. The van der Waals surface area contributed by atoms with Crippen LogP contribution in [0.1, 0.15) is 67.2 Å². The Balaban J connectivity index is -0.000000279. The maximum Gasteiger partial charge on any atom is 0.0587 e. The van der Waals surface area contributed by atoms with Crippen LogP contribution in [-0.4, -0.2) is 30.9 Å². The molecule has 0 amide bonds. The Labute approximate surface area is 139 Å². The SMILES string of the molecule is CC#N.CC/C=C\CC.CCC1C(C)=NN(C)C1CC.CN. The van der Waals surface area contributed by atoms with E-state index in [1.807, 2.05) is 0 Å². The number of allylic oxidation sites excluding steroid dienone is 2. The molecule has 0 aromatic heterocycles. The molecule has 1 aliphatic rings. The molecule has 0 saturated carbocycles. The Morgan fingerprint density at radius 2 is 1.55 bits per heavy atom. The van der Waals surface area contributed by atoms with Gasteiger partial charge in [0.05, 0.1) is 12.1 Å². The fraction of sp³-hybridized carbons (Fsp3) is 0.778. The lowest BCUT2D eigenvalue weighted by Gasteiger charge is -2.22. The highest BCUT2D eigenvalue weighted by Crippen LogP contribution is 2.25. The largest absolute Gasteiger partial charge is 0.333 e. The average Bonchev–Trinajstić information content (AvgIpc) is 2.81. The van der Waals surface area contributed by atoms with E-state index in [4.69, 9.17) is 5.26 Å². The molecule has 0 bridgehead atoms. The molecule has 4 nitrogen and oxygen atoms in total. The number of nitrogens with two attached hydrogens (primary N) is 1. The third-order valence-corrected chi connectivity index (χ3v) is 3.29. The molecule has 0 saturated heterocycles. The van der Waals surface area contributed by atoms with Gasteiger partial charge < -0.3 is 5.73 Å². The van der Waals surface area contributed by atoms with E-state index in [0.29, 0.717) is 12.0 Å². The number of rotatable bonds is 4. The van der Waals surface area contributed by atoms with E-state index in [9.17, 15) is 0 Å². The quantitative estimate of drug-likeness (QED) is 0.773. The molecule has 0 fully saturated rings. The summed E-state index contributed by atoms with van der Waals surface area (Å²) in [6, 6.07) is 2.40. The van der Waals surface area contributed by atoms with Crippen molar-refractivity contribution in [1.29, 1.82) is 5.26 Å². The average molecular weight is 311 g/mol. The number of hydrazone groups is 1. The molecule has 2 unspecified atom stereocenters. The molecule has 1 aliphatic heterocycles. The molecular weight excluding hydrogens is 272 g/mol. The topological polar surface area (TPSA) is 65.4 Å². The van der Waals surface area contributed by atoms with Crippen LogP contribution in [0.2, 0.25) is 0 Å². The number of nitrogens with zero attached hydrogens (tertiary/aromatic N) is 3. The Kier molecular flexibility index (Phi) is 22.9. The lowest BCUT2D eigenvalue weighted by molar-refractivity contribution is 0.236. The molecule has 0 spiro atoms. The Morgan fingerprint density at radius 3 is 1.77 bits per heavy atom. The van der Waals surface area contributed by atoms with Gasteiger partial charge >= 0.3 is 0 Å². The molecule has 130 valence electrons. The summed E-state index contributed by atoms with van der Waals surface area (Å²) in [5.41, 5.74) is 5.81. The van der Waals surface area contributed by atoms with Crippen molar-refractivity contribution in [2.24, 2.45) is 16.8 Å². The van der Waals surface area contributed by atoms with Crippen LogP contribution in [-0.2, 0) is 0 Å². The number of hydrogen-bond acceptors (Lipinski definition) is 4. The summed E-state index contributed by atoms with van der Waals surface area (Å²) in [5.74, 6) is 0.699. The smallest absolute Gasteiger partial charge is 0.0587 e. The molecular formula is C18H38N4. The first-order valence-electron chi connectivity index (χ1n) is 8.35. The predicted octanol–water partition coefficient (Wildman–Crippen LogP) is 4.58. The molecule has 0 aromatic rings. The van der Waals surface area contributed by atoms with Crippen LogP contribution in [0.4, 0.5) is 0 Å². The summed E-state index contributed by atoms with van der Waals surface area (Å²) < 4.78 is 0. The first kappa shape index (κ1) is 25.6. The minimum atomic E-state index is 0.653. The fourth-order valence-corrected chi connectivity index (χ4v) is 2.39.